The van der Waals surface area contributed by atoms with E-state index in [1.54, 1.807) is 19.1 Å². The number of aliphatic imine (C=N–C) groups is 1. The molecule has 2 heterocycles. The number of hydrogen-bond acceptors (Lipinski definition) is 4. The molecule has 0 saturated heterocycles. The van der Waals surface area contributed by atoms with E-state index in [0.717, 1.165) is 30.5 Å². The van der Waals surface area contributed by atoms with Crippen molar-refractivity contribution in [3.8, 4) is 0 Å². The van der Waals surface area contributed by atoms with Crippen LogP contribution in [-0.2, 0) is 12.4 Å². The molecule has 1 N–H and O–H groups in total. The van der Waals surface area contributed by atoms with Gasteiger partial charge in [0.15, 0.2) is 0 Å². The second kappa shape index (κ2) is 8.90. The van der Waals surface area contributed by atoms with Crippen molar-refractivity contribution in [3.05, 3.63) is 99.5 Å². The summed E-state index contributed by atoms with van der Waals surface area (Å²) in [5.41, 5.74) is -1.76. The van der Waals surface area contributed by atoms with Crippen LogP contribution in [0, 0.1) is 6.92 Å². The maximum Gasteiger partial charge on any atom is 0.416 e. The van der Waals surface area contributed by atoms with Crippen LogP contribution >= 0.6 is 0 Å². The quantitative estimate of drug-likeness (QED) is 0.261. The van der Waals surface area contributed by atoms with E-state index in [1.165, 1.54) is 34.9 Å². The molecule has 0 radical (unpaired) electrons. The van der Waals surface area contributed by atoms with Crippen molar-refractivity contribution >= 4 is 29.1 Å². The molecule has 4 rings (SSSR count). The fraction of sp³-hybridized carbons (Fsp3) is 0.125. The molecule has 2 aromatic heterocycles. The lowest BCUT2D eigenvalue weighted by Crippen LogP contribution is -2.22. The standard InChI is InChI=1S/C24H16F6N4O/c1-14-5-4-10-34-21(14)33-20(32-18-9-3-7-16(12-18)24(28,29)30)19(22(34)35)13-31-17-8-2-6-15(11-17)23(25,26)27/h2-13,32H,1H3. The lowest BCUT2D eigenvalue weighted by atomic mass is 10.2. The summed E-state index contributed by atoms with van der Waals surface area (Å²) in [6, 6.07) is 11.8. The number of aryl methyl sites for hydroxylation is 1. The SMILES string of the molecule is Cc1cccn2c(=O)c(C=Nc3cccc(C(F)(F)F)c3)c(Nc3cccc(C(F)(F)F)c3)nc12. The van der Waals surface area contributed by atoms with E-state index in [2.05, 4.69) is 15.3 Å². The van der Waals surface area contributed by atoms with Gasteiger partial charge in [-0.1, -0.05) is 18.2 Å². The van der Waals surface area contributed by atoms with E-state index >= 15 is 0 Å². The van der Waals surface area contributed by atoms with Crippen LogP contribution in [0.15, 0.2) is 76.6 Å². The van der Waals surface area contributed by atoms with Crippen molar-refractivity contribution < 1.29 is 26.3 Å². The molecule has 0 bridgehead atoms. The predicted octanol–water partition coefficient (Wildman–Crippen LogP) is 6.53. The van der Waals surface area contributed by atoms with Gasteiger partial charge in [0, 0.05) is 18.1 Å². The third-order valence-electron chi connectivity index (χ3n) is 5.05. The fourth-order valence-corrected chi connectivity index (χ4v) is 3.33. The highest BCUT2D eigenvalue weighted by atomic mass is 19.4. The lowest BCUT2D eigenvalue weighted by molar-refractivity contribution is -0.138. The normalized spacial score (nSPS) is 12.4. The molecule has 0 aliphatic rings. The summed E-state index contributed by atoms with van der Waals surface area (Å²) in [5.74, 6) is -0.0978. The van der Waals surface area contributed by atoms with E-state index in [0.29, 0.717) is 5.56 Å². The number of pyridine rings is 1. The summed E-state index contributed by atoms with van der Waals surface area (Å²) in [6.07, 6.45) is -6.68. The monoisotopic (exact) mass is 490 g/mol. The second-order valence-electron chi connectivity index (χ2n) is 7.57. The van der Waals surface area contributed by atoms with Gasteiger partial charge in [-0.25, -0.2) is 4.98 Å². The zero-order valence-corrected chi connectivity index (χ0v) is 17.9. The molecule has 0 atom stereocenters. The molecular weight excluding hydrogens is 474 g/mol. The fourth-order valence-electron chi connectivity index (χ4n) is 3.33. The third kappa shape index (κ3) is 5.18. The molecule has 4 aromatic rings. The summed E-state index contributed by atoms with van der Waals surface area (Å²) in [5, 5.41) is 2.72. The average molecular weight is 490 g/mol. The first-order chi connectivity index (χ1) is 16.4. The van der Waals surface area contributed by atoms with Gasteiger partial charge in [-0.05, 0) is 55.0 Å². The Morgan fingerprint density at radius 2 is 1.57 bits per heavy atom. The van der Waals surface area contributed by atoms with Crippen LogP contribution in [0.5, 0.6) is 0 Å². The van der Waals surface area contributed by atoms with Gasteiger partial charge >= 0.3 is 12.4 Å². The Hall–Kier alpha value is -4.15. The zero-order chi connectivity index (χ0) is 25.4. The van der Waals surface area contributed by atoms with Gasteiger partial charge in [0.25, 0.3) is 5.56 Å². The van der Waals surface area contributed by atoms with E-state index in [1.807, 2.05) is 0 Å². The molecule has 0 saturated carbocycles. The summed E-state index contributed by atoms with van der Waals surface area (Å²) in [4.78, 5) is 21.6. The number of rotatable bonds is 4. The van der Waals surface area contributed by atoms with Crippen molar-refractivity contribution in [2.45, 2.75) is 19.3 Å². The van der Waals surface area contributed by atoms with Crippen LogP contribution in [0.2, 0.25) is 0 Å². The maximum atomic E-state index is 13.2. The van der Waals surface area contributed by atoms with Crippen LogP contribution in [0.1, 0.15) is 22.3 Å². The Bertz CT molecular complexity index is 1490. The van der Waals surface area contributed by atoms with Gasteiger partial charge in [0.05, 0.1) is 16.8 Å². The van der Waals surface area contributed by atoms with Crippen LogP contribution in [0.3, 0.4) is 0 Å². The van der Waals surface area contributed by atoms with Crippen molar-refractivity contribution in [3.63, 3.8) is 0 Å². The van der Waals surface area contributed by atoms with Crippen molar-refractivity contribution in [1.29, 1.82) is 0 Å². The first-order valence-corrected chi connectivity index (χ1v) is 10.1. The van der Waals surface area contributed by atoms with Gasteiger partial charge in [0.2, 0.25) is 0 Å². The number of hydrogen-bond donors (Lipinski definition) is 1. The van der Waals surface area contributed by atoms with Crippen molar-refractivity contribution in [2.24, 2.45) is 4.99 Å². The highest BCUT2D eigenvalue weighted by Crippen LogP contribution is 2.32. The molecule has 0 aliphatic heterocycles. The molecule has 180 valence electrons. The molecule has 5 nitrogen and oxygen atoms in total. The van der Waals surface area contributed by atoms with E-state index in [4.69, 9.17) is 0 Å². The molecule has 0 aliphatic carbocycles. The summed E-state index contributed by atoms with van der Waals surface area (Å²) in [7, 11) is 0. The lowest BCUT2D eigenvalue weighted by Gasteiger charge is -2.13. The summed E-state index contributed by atoms with van der Waals surface area (Å²) >= 11 is 0. The Labute approximate surface area is 194 Å². The van der Waals surface area contributed by atoms with Gasteiger partial charge in [-0.15, -0.1) is 0 Å². The van der Waals surface area contributed by atoms with Crippen LogP contribution in [0.4, 0.5) is 43.5 Å². The first-order valence-electron chi connectivity index (χ1n) is 10.1. The molecule has 11 heteroatoms. The average Bonchev–Trinajstić information content (AvgIpc) is 2.79. The first kappa shape index (κ1) is 24.0. The molecule has 0 spiro atoms. The molecule has 0 unspecified atom stereocenters. The largest absolute Gasteiger partial charge is 0.416 e. The highest BCUT2D eigenvalue weighted by molar-refractivity contribution is 5.89. The molecular formula is C24H16F6N4O. The number of nitrogens with one attached hydrogen (secondary N) is 1. The maximum absolute atomic E-state index is 13.2. The van der Waals surface area contributed by atoms with Gasteiger partial charge in [-0.2, -0.15) is 26.3 Å². The van der Waals surface area contributed by atoms with Crippen LogP contribution in [-0.4, -0.2) is 15.6 Å². The molecule has 35 heavy (non-hydrogen) atoms. The third-order valence-corrected chi connectivity index (χ3v) is 5.05. The predicted molar refractivity (Wildman–Crippen MR) is 120 cm³/mol. The van der Waals surface area contributed by atoms with E-state index < -0.39 is 29.0 Å². The number of alkyl halides is 6. The summed E-state index contributed by atoms with van der Waals surface area (Å²) in [6.45, 7) is 1.70. The zero-order valence-electron chi connectivity index (χ0n) is 17.9. The minimum absolute atomic E-state index is 0.0124. The number of benzene rings is 2. The van der Waals surface area contributed by atoms with Gasteiger partial charge < -0.3 is 5.32 Å². The van der Waals surface area contributed by atoms with E-state index in [-0.39, 0.29) is 28.4 Å². The summed E-state index contributed by atoms with van der Waals surface area (Å²) < 4.78 is 79.7. The number of anilines is 2. The van der Waals surface area contributed by atoms with Crippen molar-refractivity contribution in [2.75, 3.05) is 5.32 Å². The molecule has 0 amide bonds. The molecule has 2 aromatic carbocycles. The Morgan fingerprint density at radius 3 is 2.26 bits per heavy atom. The number of fused-ring (bicyclic) bond motifs is 1. The van der Waals surface area contributed by atoms with Gasteiger partial charge in [-0.3, -0.25) is 14.2 Å². The Kier molecular flexibility index (Phi) is 6.10. The second-order valence-corrected chi connectivity index (χ2v) is 7.57. The minimum Gasteiger partial charge on any atom is -0.339 e. The number of aromatic nitrogens is 2. The topological polar surface area (TPSA) is 58.8 Å². The Balaban J connectivity index is 1.84. The highest BCUT2D eigenvalue weighted by Gasteiger charge is 2.31. The van der Waals surface area contributed by atoms with Gasteiger partial charge in [0.1, 0.15) is 17.0 Å². The minimum atomic E-state index is -4.58. The number of halogens is 6. The van der Waals surface area contributed by atoms with Crippen LogP contribution in [0.25, 0.3) is 5.65 Å². The van der Waals surface area contributed by atoms with E-state index in [9.17, 15) is 31.1 Å². The Morgan fingerprint density at radius 1 is 0.914 bits per heavy atom. The smallest absolute Gasteiger partial charge is 0.339 e. The number of nitrogens with zero attached hydrogens (tertiary/aromatic N) is 3. The molecule has 0 fully saturated rings. The van der Waals surface area contributed by atoms with Crippen molar-refractivity contribution in [1.82, 2.24) is 9.38 Å². The van der Waals surface area contributed by atoms with Crippen LogP contribution < -0.4 is 10.9 Å².